The van der Waals surface area contributed by atoms with Gasteiger partial charge in [0, 0.05) is 6.07 Å². The van der Waals surface area contributed by atoms with Crippen molar-refractivity contribution in [3.63, 3.8) is 0 Å². The minimum absolute atomic E-state index is 0.0625. The number of ether oxygens (including phenoxy) is 1. The van der Waals surface area contributed by atoms with Crippen molar-refractivity contribution in [2.24, 2.45) is 0 Å². The van der Waals surface area contributed by atoms with Gasteiger partial charge in [-0.2, -0.15) is 5.26 Å². The molecule has 0 saturated carbocycles. The molecule has 7 heteroatoms. The molecule has 0 spiro atoms. The van der Waals surface area contributed by atoms with Gasteiger partial charge in [0.05, 0.1) is 11.0 Å². The Morgan fingerprint density at radius 2 is 2.37 bits per heavy atom. The number of hydrogen-bond donors (Lipinski definition) is 1. The SMILES string of the molecule is CCCNC(C#N)COc1cccc([N+](=O)[O-])c1Br. The van der Waals surface area contributed by atoms with Crippen molar-refractivity contribution in [2.45, 2.75) is 19.4 Å². The third-order valence-corrected chi connectivity index (χ3v) is 3.14. The third kappa shape index (κ3) is 4.50. The van der Waals surface area contributed by atoms with Gasteiger partial charge in [-0.15, -0.1) is 0 Å². The molecule has 102 valence electrons. The Balaban J connectivity index is 2.70. The molecule has 0 saturated heterocycles. The normalized spacial score (nSPS) is 11.6. The molecule has 0 fully saturated rings. The molecule has 0 aliphatic heterocycles. The van der Waals surface area contributed by atoms with Crippen molar-refractivity contribution in [3.05, 3.63) is 32.8 Å². The van der Waals surface area contributed by atoms with Crippen molar-refractivity contribution in [1.82, 2.24) is 5.32 Å². The molecule has 0 aliphatic rings. The molecule has 1 aromatic rings. The zero-order chi connectivity index (χ0) is 14.3. The largest absolute Gasteiger partial charge is 0.489 e. The predicted molar refractivity (Wildman–Crippen MR) is 74.0 cm³/mol. The van der Waals surface area contributed by atoms with E-state index in [1.54, 1.807) is 12.1 Å². The van der Waals surface area contributed by atoms with E-state index >= 15 is 0 Å². The number of halogens is 1. The van der Waals surface area contributed by atoms with Gasteiger partial charge >= 0.3 is 0 Å². The van der Waals surface area contributed by atoms with Crippen LogP contribution in [0.15, 0.2) is 22.7 Å². The van der Waals surface area contributed by atoms with Gasteiger partial charge in [-0.25, -0.2) is 0 Å². The first-order valence-corrected chi connectivity index (χ1v) is 6.58. The maximum Gasteiger partial charge on any atom is 0.287 e. The maximum atomic E-state index is 10.8. The van der Waals surface area contributed by atoms with E-state index in [0.717, 1.165) is 13.0 Å². The van der Waals surface area contributed by atoms with Gasteiger partial charge in [0.25, 0.3) is 5.69 Å². The lowest BCUT2D eigenvalue weighted by atomic mass is 10.3. The number of nitrogens with one attached hydrogen (secondary N) is 1. The highest BCUT2D eigenvalue weighted by Crippen LogP contribution is 2.33. The highest BCUT2D eigenvalue weighted by atomic mass is 79.9. The second-order valence-electron chi connectivity index (χ2n) is 3.79. The van der Waals surface area contributed by atoms with E-state index in [1.807, 2.05) is 6.92 Å². The molecule has 1 atom stereocenters. The molecule has 0 radical (unpaired) electrons. The molecule has 0 heterocycles. The van der Waals surface area contributed by atoms with Crippen LogP contribution in [0.25, 0.3) is 0 Å². The number of hydrogen-bond acceptors (Lipinski definition) is 5. The van der Waals surface area contributed by atoms with Crippen LogP contribution in [0.5, 0.6) is 5.75 Å². The van der Waals surface area contributed by atoms with E-state index in [4.69, 9.17) is 10.00 Å². The quantitative estimate of drug-likeness (QED) is 0.614. The van der Waals surface area contributed by atoms with E-state index in [2.05, 4.69) is 27.3 Å². The first kappa shape index (κ1) is 15.4. The van der Waals surface area contributed by atoms with E-state index in [1.165, 1.54) is 6.07 Å². The topological polar surface area (TPSA) is 88.2 Å². The van der Waals surface area contributed by atoms with Gasteiger partial charge in [-0.05, 0) is 35.0 Å². The molecule has 19 heavy (non-hydrogen) atoms. The fraction of sp³-hybridized carbons (Fsp3) is 0.417. The van der Waals surface area contributed by atoms with Crippen molar-refractivity contribution < 1.29 is 9.66 Å². The summed E-state index contributed by atoms with van der Waals surface area (Å²) in [7, 11) is 0. The van der Waals surface area contributed by atoms with Crippen LogP contribution in [-0.2, 0) is 0 Å². The summed E-state index contributed by atoms with van der Waals surface area (Å²) in [6.07, 6.45) is 0.915. The predicted octanol–water partition coefficient (Wildman–Crippen LogP) is 2.63. The Bertz CT molecular complexity index is 488. The van der Waals surface area contributed by atoms with Crippen LogP contribution >= 0.6 is 15.9 Å². The van der Waals surface area contributed by atoms with E-state index in [0.29, 0.717) is 5.75 Å². The highest BCUT2D eigenvalue weighted by Gasteiger charge is 2.17. The Morgan fingerprint density at radius 1 is 1.63 bits per heavy atom. The summed E-state index contributed by atoms with van der Waals surface area (Å²) in [4.78, 5) is 10.3. The molecule has 1 unspecified atom stereocenters. The average molecular weight is 328 g/mol. The van der Waals surface area contributed by atoms with Gasteiger partial charge in [0.15, 0.2) is 0 Å². The summed E-state index contributed by atoms with van der Waals surface area (Å²) in [5, 5.41) is 22.7. The molecule has 1 rings (SSSR count). The van der Waals surface area contributed by atoms with Crippen LogP contribution in [0.3, 0.4) is 0 Å². The zero-order valence-electron chi connectivity index (χ0n) is 10.4. The van der Waals surface area contributed by atoms with Crippen LogP contribution in [0.1, 0.15) is 13.3 Å². The van der Waals surface area contributed by atoms with Crippen molar-refractivity contribution in [2.75, 3.05) is 13.2 Å². The van der Waals surface area contributed by atoms with Crippen LogP contribution in [0.2, 0.25) is 0 Å². The monoisotopic (exact) mass is 327 g/mol. The fourth-order valence-corrected chi connectivity index (χ4v) is 1.91. The molecule has 0 bridgehead atoms. The number of benzene rings is 1. The van der Waals surface area contributed by atoms with E-state index in [9.17, 15) is 10.1 Å². The molecule has 0 amide bonds. The lowest BCUT2D eigenvalue weighted by molar-refractivity contribution is -0.385. The second-order valence-corrected chi connectivity index (χ2v) is 4.59. The molecular weight excluding hydrogens is 314 g/mol. The van der Waals surface area contributed by atoms with Crippen molar-refractivity contribution in [3.8, 4) is 11.8 Å². The highest BCUT2D eigenvalue weighted by molar-refractivity contribution is 9.10. The summed E-state index contributed by atoms with van der Waals surface area (Å²) in [6.45, 7) is 2.85. The standard InChI is InChI=1S/C12H14BrN3O3/c1-2-6-15-9(7-14)8-19-11-5-3-4-10(12(11)13)16(17)18/h3-5,9,15H,2,6,8H2,1H3. The van der Waals surface area contributed by atoms with Gasteiger partial charge in [0.2, 0.25) is 0 Å². The first-order valence-electron chi connectivity index (χ1n) is 5.78. The van der Waals surface area contributed by atoms with E-state index < -0.39 is 11.0 Å². The number of rotatable bonds is 7. The number of nitrogens with zero attached hydrogens (tertiary/aromatic N) is 2. The zero-order valence-corrected chi connectivity index (χ0v) is 12.0. The summed E-state index contributed by atoms with van der Waals surface area (Å²) in [6, 6.07) is 6.18. The summed E-state index contributed by atoms with van der Waals surface area (Å²) in [5.41, 5.74) is -0.0625. The van der Waals surface area contributed by atoms with Gasteiger partial charge in [-0.1, -0.05) is 13.0 Å². The summed E-state index contributed by atoms with van der Waals surface area (Å²) >= 11 is 3.14. The summed E-state index contributed by atoms with van der Waals surface area (Å²) in [5.74, 6) is 0.354. The molecule has 6 nitrogen and oxygen atoms in total. The van der Waals surface area contributed by atoms with Gasteiger partial charge in [0.1, 0.15) is 22.9 Å². The number of nitriles is 1. The van der Waals surface area contributed by atoms with Gasteiger partial charge in [-0.3, -0.25) is 15.4 Å². The number of nitro benzene ring substituents is 1. The molecule has 0 aromatic heterocycles. The smallest absolute Gasteiger partial charge is 0.287 e. The van der Waals surface area contributed by atoms with Crippen LogP contribution in [-0.4, -0.2) is 24.1 Å². The fourth-order valence-electron chi connectivity index (χ4n) is 1.39. The van der Waals surface area contributed by atoms with Crippen molar-refractivity contribution in [1.29, 1.82) is 5.26 Å². The minimum atomic E-state index is -0.492. The number of nitro groups is 1. The Morgan fingerprint density at radius 3 is 2.95 bits per heavy atom. The average Bonchev–Trinajstić information content (AvgIpc) is 2.40. The molecule has 1 aromatic carbocycles. The summed E-state index contributed by atoms with van der Waals surface area (Å²) < 4.78 is 5.73. The Labute approximate surface area is 119 Å². The minimum Gasteiger partial charge on any atom is -0.489 e. The van der Waals surface area contributed by atoms with Crippen LogP contribution in [0, 0.1) is 21.4 Å². The second kappa shape index (κ2) is 7.71. The maximum absolute atomic E-state index is 10.8. The lowest BCUT2D eigenvalue weighted by Crippen LogP contribution is -2.33. The molecule has 0 aliphatic carbocycles. The van der Waals surface area contributed by atoms with E-state index in [-0.39, 0.29) is 16.8 Å². The van der Waals surface area contributed by atoms with Crippen LogP contribution < -0.4 is 10.1 Å². The molecule has 1 N–H and O–H groups in total. The van der Waals surface area contributed by atoms with Crippen LogP contribution in [0.4, 0.5) is 5.69 Å². The molecular formula is C12H14BrN3O3. The first-order chi connectivity index (χ1) is 9.10. The van der Waals surface area contributed by atoms with Crippen molar-refractivity contribution >= 4 is 21.6 Å². The lowest BCUT2D eigenvalue weighted by Gasteiger charge is -2.13. The van der Waals surface area contributed by atoms with Gasteiger partial charge < -0.3 is 4.74 Å². The Hall–Kier alpha value is -1.65. The Kier molecular flexibility index (Phi) is 6.25. The third-order valence-electron chi connectivity index (χ3n) is 2.34.